The van der Waals surface area contributed by atoms with Crippen molar-refractivity contribution in [3.05, 3.63) is 48.6 Å². The summed E-state index contributed by atoms with van der Waals surface area (Å²) in [5.41, 5.74) is 0. The zero-order valence-corrected chi connectivity index (χ0v) is 41.7. The number of aliphatic hydroxyl groups excluding tert-OH is 5. The van der Waals surface area contributed by atoms with Crippen LogP contribution in [0.4, 0.5) is 0 Å². The molecule has 0 heterocycles. The van der Waals surface area contributed by atoms with E-state index >= 15 is 0 Å². The maximum absolute atomic E-state index is 12.8. The van der Waals surface area contributed by atoms with E-state index in [4.69, 9.17) is 18.5 Å². The number of ether oxygens (including phenoxy) is 2. The lowest BCUT2D eigenvalue weighted by atomic mass is 9.85. The van der Waals surface area contributed by atoms with Gasteiger partial charge in [0.15, 0.2) is 0 Å². The minimum Gasteiger partial charge on any atom is -0.457 e. The number of hydrogen-bond acceptors (Lipinski definition) is 11. The lowest BCUT2D eigenvalue weighted by molar-refractivity contribution is -0.220. The third-order valence-corrected chi connectivity index (χ3v) is 13.0. The number of esters is 1. The maximum Gasteiger partial charge on any atom is 0.472 e. The molecule has 13 heteroatoms. The lowest BCUT2D eigenvalue weighted by Gasteiger charge is -2.41. The second-order valence-corrected chi connectivity index (χ2v) is 19.4. The predicted molar refractivity (Wildman–Crippen MR) is 262 cm³/mol. The highest BCUT2D eigenvalue weighted by atomic mass is 31.2. The van der Waals surface area contributed by atoms with Crippen LogP contribution in [0, 0.1) is 0 Å². The van der Waals surface area contributed by atoms with Gasteiger partial charge < -0.3 is 39.9 Å². The summed E-state index contributed by atoms with van der Waals surface area (Å²) in [6.45, 7) is 4.13. The zero-order chi connectivity index (χ0) is 47.6. The first-order chi connectivity index (χ1) is 31.5. The molecule has 0 amide bonds. The Balaban J connectivity index is 2.32. The molecule has 1 aliphatic carbocycles. The van der Waals surface area contributed by atoms with Crippen LogP contribution in [0.25, 0.3) is 0 Å². The summed E-state index contributed by atoms with van der Waals surface area (Å²) in [4.78, 5) is 23.2. The summed E-state index contributed by atoms with van der Waals surface area (Å²) in [7, 11) is -5.03. The van der Waals surface area contributed by atoms with E-state index in [-0.39, 0.29) is 13.0 Å². The largest absolute Gasteiger partial charge is 0.472 e. The van der Waals surface area contributed by atoms with Gasteiger partial charge in [-0.15, -0.1) is 0 Å². The molecule has 1 saturated carbocycles. The van der Waals surface area contributed by atoms with Gasteiger partial charge in [0.1, 0.15) is 42.7 Å². The van der Waals surface area contributed by atoms with E-state index in [0.717, 1.165) is 57.8 Å². The highest BCUT2D eigenvalue weighted by Crippen LogP contribution is 2.47. The maximum atomic E-state index is 12.8. The van der Waals surface area contributed by atoms with Crippen LogP contribution in [0.15, 0.2) is 48.6 Å². The molecular formula is C52H95O12P. The van der Waals surface area contributed by atoms with Crippen molar-refractivity contribution in [3.63, 3.8) is 0 Å². The highest BCUT2D eigenvalue weighted by molar-refractivity contribution is 7.47. The van der Waals surface area contributed by atoms with Crippen LogP contribution in [0.5, 0.6) is 0 Å². The van der Waals surface area contributed by atoms with Crippen molar-refractivity contribution >= 4 is 13.8 Å². The molecule has 1 fully saturated rings. The number of rotatable bonds is 44. The number of carbonyl (C=O) groups excluding carboxylic acids is 1. The van der Waals surface area contributed by atoms with Crippen LogP contribution in [0.1, 0.15) is 213 Å². The summed E-state index contributed by atoms with van der Waals surface area (Å²) in [6.07, 6.45) is 40.5. The van der Waals surface area contributed by atoms with Crippen molar-refractivity contribution in [1.82, 2.24) is 0 Å². The molecular weight excluding hydrogens is 848 g/mol. The van der Waals surface area contributed by atoms with E-state index < -0.39 is 63.1 Å². The van der Waals surface area contributed by atoms with Crippen molar-refractivity contribution in [2.45, 2.75) is 256 Å². The molecule has 6 N–H and O–H groups in total. The van der Waals surface area contributed by atoms with Crippen LogP contribution >= 0.6 is 7.82 Å². The first-order valence-electron chi connectivity index (χ1n) is 26.0. The third-order valence-electron chi connectivity index (χ3n) is 12.0. The molecule has 6 unspecified atom stereocenters. The van der Waals surface area contributed by atoms with E-state index in [0.29, 0.717) is 13.0 Å². The van der Waals surface area contributed by atoms with E-state index in [9.17, 15) is 39.8 Å². The minimum atomic E-state index is -5.03. The quantitative estimate of drug-likeness (QED) is 0.0147. The molecule has 6 atom stereocenters. The number of carbonyl (C=O) groups is 1. The van der Waals surface area contributed by atoms with Crippen LogP contribution < -0.4 is 0 Å². The van der Waals surface area contributed by atoms with Gasteiger partial charge in [-0.3, -0.25) is 13.8 Å². The Labute approximate surface area is 395 Å². The molecule has 1 aliphatic rings. The Morgan fingerprint density at radius 2 is 0.908 bits per heavy atom. The van der Waals surface area contributed by atoms with E-state index in [1.54, 1.807) is 0 Å². The molecule has 1 rings (SSSR count). The molecule has 0 bridgehead atoms. The molecule has 0 radical (unpaired) electrons. The van der Waals surface area contributed by atoms with Crippen molar-refractivity contribution in [2.24, 2.45) is 0 Å². The molecule has 0 spiro atoms. The van der Waals surface area contributed by atoms with Crippen LogP contribution in [0.3, 0.4) is 0 Å². The summed E-state index contributed by atoms with van der Waals surface area (Å²) < 4.78 is 34.2. The Kier molecular flexibility index (Phi) is 40.0. The smallest absolute Gasteiger partial charge is 0.457 e. The molecule has 0 aromatic carbocycles. The Hall–Kier alpha value is -1.70. The van der Waals surface area contributed by atoms with Gasteiger partial charge in [0.25, 0.3) is 0 Å². The van der Waals surface area contributed by atoms with Gasteiger partial charge in [0, 0.05) is 13.0 Å². The number of allylic oxidation sites excluding steroid dienone is 8. The SMILES string of the molecule is CC/C=C\C/C=C\C/C=C\C/C=C\CCCCC(=O)OC(COCCCCCCCCCCCCCCCCCCCCCCCCC)COP(=O)(O)OC1C(O)C(O)C(O)C(O)C1O. The fourth-order valence-electron chi connectivity index (χ4n) is 7.88. The second kappa shape index (κ2) is 42.4. The van der Waals surface area contributed by atoms with Crippen molar-refractivity contribution in [1.29, 1.82) is 0 Å². The predicted octanol–water partition coefficient (Wildman–Crippen LogP) is 11.6. The molecule has 65 heavy (non-hydrogen) atoms. The Bertz CT molecular complexity index is 1260. The Morgan fingerprint density at radius 3 is 1.35 bits per heavy atom. The fraction of sp³-hybridized carbons (Fsp3) is 0.827. The van der Waals surface area contributed by atoms with Gasteiger partial charge in [0.05, 0.1) is 13.2 Å². The molecule has 12 nitrogen and oxygen atoms in total. The van der Waals surface area contributed by atoms with E-state index in [1.807, 2.05) is 0 Å². The van der Waals surface area contributed by atoms with Crippen molar-refractivity contribution in [3.8, 4) is 0 Å². The standard InChI is InChI=1S/C52H95O12P/c1-3-5-7-9-11-13-15-17-19-20-21-22-23-24-25-26-28-30-32-34-36-38-40-42-61-43-45(44-62-65(59,60)64-52-50(57)48(55)47(54)49(56)51(52)58)63-46(53)41-39-37-35-33-31-29-27-18-16-14-12-10-8-6-4-2/h6,8,12,14,18,27,31,33,45,47-52,54-58H,3-5,7,9-11,13,15-17,19-26,28-30,32,34-44H2,1-2H3,(H,59,60)/b8-6-,14-12-,27-18-,33-31-. The topological polar surface area (TPSA) is 192 Å². The molecule has 380 valence electrons. The highest BCUT2D eigenvalue weighted by Gasteiger charge is 2.51. The second-order valence-electron chi connectivity index (χ2n) is 18.0. The van der Waals surface area contributed by atoms with Gasteiger partial charge >= 0.3 is 13.8 Å². The van der Waals surface area contributed by atoms with Gasteiger partial charge in [-0.25, -0.2) is 4.57 Å². The van der Waals surface area contributed by atoms with Gasteiger partial charge in [-0.1, -0.05) is 204 Å². The number of unbranched alkanes of at least 4 members (excludes halogenated alkanes) is 24. The average Bonchev–Trinajstić information content (AvgIpc) is 3.29. The van der Waals surface area contributed by atoms with Gasteiger partial charge in [-0.05, 0) is 51.4 Å². The zero-order valence-electron chi connectivity index (χ0n) is 40.8. The summed E-state index contributed by atoms with van der Waals surface area (Å²) in [5, 5.41) is 50.3. The van der Waals surface area contributed by atoms with Gasteiger partial charge in [-0.2, -0.15) is 0 Å². The van der Waals surface area contributed by atoms with Crippen LogP contribution in [-0.4, -0.2) is 98.9 Å². The molecule has 0 aromatic rings. The van der Waals surface area contributed by atoms with Crippen molar-refractivity contribution in [2.75, 3.05) is 19.8 Å². The fourth-order valence-corrected chi connectivity index (χ4v) is 8.85. The molecule has 0 saturated heterocycles. The minimum absolute atomic E-state index is 0.0920. The first-order valence-corrected chi connectivity index (χ1v) is 27.5. The number of aliphatic hydroxyl groups is 5. The monoisotopic (exact) mass is 943 g/mol. The summed E-state index contributed by atoms with van der Waals surface area (Å²) in [5.74, 6) is -0.515. The van der Waals surface area contributed by atoms with E-state index in [2.05, 4.69) is 62.5 Å². The van der Waals surface area contributed by atoms with E-state index in [1.165, 1.54) is 128 Å². The average molecular weight is 943 g/mol. The van der Waals surface area contributed by atoms with Crippen LogP contribution in [-0.2, 0) is 27.9 Å². The van der Waals surface area contributed by atoms with Gasteiger partial charge in [0.2, 0.25) is 0 Å². The number of phosphoric acid groups is 1. The normalized spacial score (nSPS) is 21.9. The number of phosphoric ester groups is 1. The Morgan fingerprint density at radius 1 is 0.508 bits per heavy atom. The first kappa shape index (κ1) is 61.3. The third kappa shape index (κ3) is 34.3. The summed E-state index contributed by atoms with van der Waals surface area (Å²) in [6, 6.07) is 0. The molecule has 0 aromatic heterocycles. The van der Waals surface area contributed by atoms with Crippen molar-refractivity contribution < 1.29 is 58.3 Å². The number of hydrogen-bond donors (Lipinski definition) is 6. The lowest BCUT2D eigenvalue weighted by Crippen LogP contribution is -2.64. The summed E-state index contributed by atoms with van der Waals surface area (Å²) >= 11 is 0. The molecule has 0 aliphatic heterocycles. The van der Waals surface area contributed by atoms with Crippen LogP contribution in [0.2, 0.25) is 0 Å².